The van der Waals surface area contributed by atoms with Crippen molar-refractivity contribution < 1.29 is 9.21 Å². The van der Waals surface area contributed by atoms with Crippen LogP contribution >= 0.6 is 40.7 Å². The van der Waals surface area contributed by atoms with E-state index in [1.54, 1.807) is 0 Å². The summed E-state index contributed by atoms with van der Waals surface area (Å²) in [5.74, 6) is 1.37. The summed E-state index contributed by atoms with van der Waals surface area (Å²) in [5.41, 5.74) is 1.82. The molecule has 134 valence electrons. The van der Waals surface area contributed by atoms with Crippen molar-refractivity contribution in [3.63, 3.8) is 0 Å². The summed E-state index contributed by atoms with van der Waals surface area (Å²) in [7, 11) is 1.85. The van der Waals surface area contributed by atoms with E-state index in [9.17, 15) is 4.79 Å². The van der Waals surface area contributed by atoms with E-state index < -0.39 is 0 Å². The molecule has 0 aliphatic rings. The monoisotopic (exact) mass is 437 g/mol. The molecule has 0 unspecified atom stereocenters. The van der Waals surface area contributed by atoms with Gasteiger partial charge in [-0.25, -0.2) is 4.98 Å². The van der Waals surface area contributed by atoms with Gasteiger partial charge in [0.1, 0.15) is 0 Å². The predicted molar refractivity (Wildman–Crippen MR) is 104 cm³/mol. The molecule has 1 aromatic carbocycles. The maximum absolute atomic E-state index is 11.7. The van der Waals surface area contributed by atoms with Crippen LogP contribution in [0.1, 0.15) is 18.0 Å². The van der Waals surface area contributed by atoms with Crippen LogP contribution in [0.3, 0.4) is 0 Å². The maximum atomic E-state index is 11.7. The second-order valence-electron chi connectivity index (χ2n) is 4.98. The number of aromatic nitrogens is 1. The Kier molecular flexibility index (Phi) is 11.0. The zero-order valence-corrected chi connectivity index (χ0v) is 16.8. The highest BCUT2D eigenvalue weighted by molar-refractivity contribution is 9.10. The minimum absolute atomic E-state index is 0. The Hall–Kier alpha value is -1.08. The Morgan fingerprint density at radius 2 is 1.88 bits per heavy atom. The van der Waals surface area contributed by atoms with E-state index >= 15 is 0 Å². The number of halogens is 3. The van der Waals surface area contributed by atoms with E-state index in [1.807, 2.05) is 38.2 Å². The number of likely N-dealkylation sites (N-methyl/N-ethyl adjacent to an activating group) is 1. The van der Waals surface area contributed by atoms with E-state index in [1.165, 1.54) is 0 Å². The van der Waals surface area contributed by atoms with Gasteiger partial charge in [-0.3, -0.25) is 4.79 Å². The maximum Gasteiger partial charge on any atom is 0.220 e. The van der Waals surface area contributed by atoms with Crippen molar-refractivity contribution in [3.05, 3.63) is 40.3 Å². The molecule has 2 aromatic rings. The average Bonchev–Trinajstić information content (AvgIpc) is 2.87. The summed E-state index contributed by atoms with van der Waals surface area (Å²) in [4.78, 5) is 16.1. The molecule has 2 rings (SSSR count). The van der Waals surface area contributed by atoms with Crippen LogP contribution in [0.15, 0.2) is 33.2 Å². The Morgan fingerprint density at radius 1 is 1.21 bits per heavy atom. The van der Waals surface area contributed by atoms with Gasteiger partial charge in [-0.15, -0.1) is 24.8 Å². The van der Waals surface area contributed by atoms with Crippen LogP contribution in [-0.4, -0.2) is 31.0 Å². The second-order valence-corrected chi connectivity index (χ2v) is 5.90. The molecule has 0 saturated carbocycles. The quantitative estimate of drug-likeness (QED) is 0.649. The highest BCUT2D eigenvalue weighted by atomic mass is 79.9. The second kappa shape index (κ2) is 11.5. The summed E-state index contributed by atoms with van der Waals surface area (Å²) in [5, 5.41) is 5.82. The molecule has 0 fully saturated rings. The normalized spacial score (nSPS) is 9.79. The molecule has 0 radical (unpaired) electrons. The van der Waals surface area contributed by atoms with Crippen molar-refractivity contribution in [3.8, 4) is 11.3 Å². The van der Waals surface area contributed by atoms with Crippen molar-refractivity contribution in [2.24, 2.45) is 0 Å². The third-order valence-corrected chi connectivity index (χ3v) is 3.74. The molecule has 8 heteroatoms. The lowest BCUT2D eigenvalue weighted by Crippen LogP contribution is -2.30. The Labute approximate surface area is 162 Å². The number of amides is 1. The summed E-state index contributed by atoms with van der Waals surface area (Å²) in [6.07, 6.45) is 0.881. The molecule has 0 spiro atoms. The van der Waals surface area contributed by atoms with Gasteiger partial charge in [0.25, 0.3) is 0 Å². The minimum atomic E-state index is 0. The molecular formula is C16H22BrCl2N3O2. The molecule has 2 N–H and O–H groups in total. The lowest BCUT2D eigenvalue weighted by Gasteiger charge is -2.03. The number of carbonyl (C=O) groups is 1. The summed E-state index contributed by atoms with van der Waals surface area (Å²) in [6, 6.07) is 7.88. The first-order chi connectivity index (χ1) is 10.6. The fraction of sp³-hybridized carbons (Fsp3) is 0.375. The molecule has 0 saturated heterocycles. The van der Waals surface area contributed by atoms with Crippen molar-refractivity contribution in [1.29, 1.82) is 0 Å². The van der Waals surface area contributed by atoms with Crippen LogP contribution < -0.4 is 10.6 Å². The van der Waals surface area contributed by atoms with Gasteiger partial charge in [0.05, 0.1) is 5.69 Å². The number of benzene rings is 1. The third kappa shape index (κ3) is 6.81. The van der Waals surface area contributed by atoms with Gasteiger partial charge in [-0.05, 0) is 26.1 Å². The minimum Gasteiger partial charge on any atom is -0.440 e. The highest BCUT2D eigenvalue weighted by Crippen LogP contribution is 2.26. The van der Waals surface area contributed by atoms with Crippen LogP contribution in [0.2, 0.25) is 0 Å². The summed E-state index contributed by atoms with van der Waals surface area (Å²) < 4.78 is 6.82. The molecule has 0 bridgehead atoms. The Balaban J connectivity index is 0.00000264. The van der Waals surface area contributed by atoms with Crippen LogP contribution in [0.5, 0.6) is 0 Å². The fourth-order valence-corrected chi connectivity index (χ4v) is 2.33. The van der Waals surface area contributed by atoms with Crippen LogP contribution in [0.4, 0.5) is 0 Å². The smallest absolute Gasteiger partial charge is 0.220 e. The first kappa shape index (κ1) is 22.9. The van der Waals surface area contributed by atoms with Gasteiger partial charge in [-0.2, -0.15) is 0 Å². The Morgan fingerprint density at radius 3 is 2.50 bits per heavy atom. The SMILES string of the molecule is CNCCNC(=O)CCc1nc(C)c(-c2ccc(Br)cc2)o1.Cl.Cl. The highest BCUT2D eigenvalue weighted by Gasteiger charge is 2.12. The van der Waals surface area contributed by atoms with Crippen molar-refractivity contribution in [1.82, 2.24) is 15.6 Å². The first-order valence-electron chi connectivity index (χ1n) is 7.23. The van der Waals surface area contributed by atoms with Crippen molar-refractivity contribution in [2.45, 2.75) is 19.8 Å². The van der Waals surface area contributed by atoms with Gasteiger partial charge in [0, 0.05) is 36.0 Å². The lowest BCUT2D eigenvalue weighted by atomic mass is 10.1. The number of oxazole rings is 1. The number of aryl methyl sites for hydroxylation is 2. The van der Waals surface area contributed by atoms with E-state index in [4.69, 9.17) is 4.42 Å². The molecule has 0 aliphatic heterocycles. The van der Waals surface area contributed by atoms with E-state index in [2.05, 4.69) is 31.5 Å². The largest absolute Gasteiger partial charge is 0.440 e. The first-order valence-corrected chi connectivity index (χ1v) is 8.03. The average molecular weight is 439 g/mol. The molecule has 1 aromatic heterocycles. The van der Waals surface area contributed by atoms with Gasteiger partial charge in [0.2, 0.25) is 5.91 Å². The lowest BCUT2D eigenvalue weighted by molar-refractivity contribution is -0.121. The van der Waals surface area contributed by atoms with Gasteiger partial charge in [-0.1, -0.05) is 28.1 Å². The molecule has 0 atom stereocenters. The molecule has 1 amide bonds. The van der Waals surface area contributed by atoms with Gasteiger partial charge >= 0.3 is 0 Å². The van der Waals surface area contributed by atoms with Crippen molar-refractivity contribution >= 4 is 46.7 Å². The van der Waals surface area contributed by atoms with Gasteiger partial charge < -0.3 is 15.1 Å². The fourth-order valence-electron chi connectivity index (χ4n) is 2.06. The van der Waals surface area contributed by atoms with Crippen molar-refractivity contribution in [2.75, 3.05) is 20.1 Å². The topological polar surface area (TPSA) is 67.2 Å². The number of rotatable bonds is 7. The van der Waals surface area contributed by atoms with Crippen LogP contribution in [0, 0.1) is 6.92 Å². The Bertz CT molecular complexity index is 633. The van der Waals surface area contributed by atoms with Crippen LogP contribution in [0.25, 0.3) is 11.3 Å². The van der Waals surface area contributed by atoms with Gasteiger partial charge in [0.15, 0.2) is 11.7 Å². The molecule has 0 aliphatic carbocycles. The number of nitrogens with one attached hydrogen (secondary N) is 2. The van der Waals surface area contributed by atoms with E-state index in [0.29, 0.717) is 25.3 Å². The van der Waals surface area contributed by atoms with E-state index in [-0.39, 0.29) is 30.7 Å². The zero-order valence-electron chi connectivity index (χ0n) is 13.6. The number of carbonyl (C=O) groups excluding carboxylic acids is 1. The summed E-state index contributed by atoms with van der Waals surface area (Å²) in [6.45, 7) is 3.30. The summed E-state index contributed by atoms with van der Waals surface area (Å²) >= 11 is 3.41. The third-order valence-electron chi connectivity index (χ3n) is 3.21. The molecule has 5 nitrogen and oxygen atoms in total. The van der Waals surface area contributed by atoms with E-state index in [0.717, 1.165) is 28.0 Å². The number of nitrogens with zero attached hydrogens (tertiary/aromatic N) is 1. The zero-order chi connectivity index (χ0) is 15.9. The molecule has 24 heavy (non-hydrogen) atoms. The van der Waals surface area contributed by atoms with Crippen LogP contribution in [-0.2, 0) is 11.2 Å². The molecule has 1 heterocycles. The number of hydrogen-bond donors (Lipinski definition) is 2. The standard InChI is InChI=1S/C16H20BrN3O2.2ClH/c1-11-16(12-3-5-13(17)6-4-12)22-15(20-11)8-7-14(21)19-10-9-18-2;;/h3-6,18H,7-10H2,1-2H3,(H,19,21);2*1H. The predicted octanol–water partition coefficient (Wildman–Crippen LogP) is 3.52. The number of hydrogen-bond acceptors (Lipinski definition) is 4. The molecular weight excluding hydrogens is 417 g/mol.